The van der Waals surface area contributed by atoms with Crippen LogP contribution in [-0.2, 0) is 11.2 Å². The lowest BCUT2D eigenvalue weighted by molar-refractivity contribution is 0.415. The fourth-order valence-electron chi connectivity index (χ4n) is 1.95. The molecule has 3 rings (SSSR count). The normalized spacial score (nSPS) is 12.6. The van der Waals surface area contributed by atoms with Crippen molar-refractivity contribution in [2.75, 3.05) is 13.4 Å². The zero-order chi connectivity index (χ0) is 14.1. The second kappa shape index (κ2) is 5.10. The lowest BCUT2D eigenvalue weighted by atomic mass is 10.1. The van der Waals surface area contributed by atoms with Crippen LogP contribution in [0.25, 0.3) is 16.9 Å². The Balaban J connectivity index is 2.13. The molecule has 0 spiro atoms. The van der Waals surface area contributed by atoms with Crippen molar-refractivity contribution in [1.82, 2.24) is 19.8 Å². The van der Waals surface area contributed by atoms with Crippen molar-refractivity contribution in [2.24, 2.45) is 0 Å². The van der Waals surface area contributed by atoms with Crippen LogP contribution in [-0.4, -0.2) is 37.7 Å². The highest BCUT2D eigenvalue weighted by atomic mass is 32.2. The molecular weight excluding hydrogens is 276 g/mol. The van der Waals surface area contributed by atoms with E-state index in [0.29, 0.717) is 16.3 Å². The smallest absolute Gasteiger partial charge is 0.157 e. The number of methoxy groups -OCH3 is 1. The topological polar surface area (TPSA) is 75.4 Å². The van der Waals surface area contributed by atoms with E-state index in [1.165, 1.54) is 0 Å². The summed E-state index contributed by atoms with van der Waals surface area (Å²) in [6, 6.07) is 7.20. The molecule has 0 saturated carbocycles. The minimum absolute atomic E-state index is 0.633. The molecule has 6 nitrogen and oxygen atoms in total. The standard InChI is InChI=1S/C13H12N4O2S/c1-19-12-7-9(20(2)18)3-4-10(12)11-8-17-13(15-11)5-6-14-16-17/h3-8H,1-2H3. The average molecular weight is 288 g/mol. The van der Waals surface area contributed by atoms with Crippen LogP contribution in [0.5, 0.6) is 5.75 Å². The van der Waals surface area contributed by atoms with E-state index >= 15 is 0 Å². The number of imidazole rings is 1. The van der Waals surface area contributed by atoms with E-state index in [1.54, 1.807) is 42.4 Å². The Morgan fingerprint density at radius 2 is 2.15 bits per heavy atom. The van der Waals surface area contributed by atoms with E-state index < -0.39 is 11.2 Å². The van der Waals surface area contributed by atoms with Gasteiger partial charge in [-0.15, -0.1) is 5.10 Å². The maximum absolute atomic E-state index is 11.5. The summed E-state index contributed by atoms with van der Waals surface area (Å²) in [5.41, 5.74) is 2.27. The van der Waals surface area contributed by atoms with Gasteiger partial charge in [-0.05, 0) is 23.3 Å². The van der Waals surface area contributed by atoms with Crippen LogP contribution in [0.3, 0.4) is 0 Å². The molecule has 1 atom stereocenters. The quantitative estimate of drug-likeness (QED) is 0.683. The van der Waals surface area contributed by atoms with Gasteiger partial charge in [0.2, 0.25) is 0 Å². The van der Waals surface area contributed by atoms with Crippen molar-refractivity contribution < 1.29 is 9.29 Å². The van der Waals surface area contributed by atoms with Gasteiger partial charge in [0.05, 0.1) is 25.2 Å². The zero-order valence-corrected chi connectivity index (χ0v) is 11.8. The van der Waals surface area contributed by atoms with Crippen molar-refractivity contribution in [1.29, 1.82) is 0 Å². The predicted molar refractivity (Wildman–Crippen MR) is 75.1 cm³/mol. The highest BCUT2D eigenvalue weighted by molar-refractivity contribution is 7.90. The largest absolute Gasteiger partial charge is 0.612 e. The van der Waals surface area contributed by atoms with Gasteiger partial charge in [-0.25, -0.2) is 9.50 Å². The van der Waals surface area contributed by atoms with Crippen LogP contribution in [0.4, 0.5) is 0 Å². The van der Waals surface area contributed by atoms with Crippen molar-refractivity contribution >= 4 is 16.8 Å². The maximum atomic E-state index is 11.5. The summed E-state index contributed by atoms with van der Waals surface area (Å²) < 4.78 is 18.5. The molecule has 0 aliphatic heterocycles. The number of benzene rings is 1. The minimum Gasteiger partial charge on any atom is -0.612 e. The summed E-state index contributed by atoms with van der Waals surface area (Å²) in [5, 5.41) is 7.74. The SMILES string of the molecule is COc1cc([S+](C)[O-])ccc1-c1cn2nnccc2n1. The molecule has 0 bridgehead atoms. The van der Waals surface area contributed by atoms with Crippen LogP contribution in [0.15, 0.2) is 41.6 Å². The molecule has 0 aliphatic rings. The lowest BCUT2D eigenvalue weighted by Crippen LogP contribution is -1.98. The van der Waals surface area contributed by atoms with Crippen molar-refractivity contribution in [2.45, 2.75) is 4.90 Å². The number of aromatic nitrogens is 4. The summed E-state index contributed by atoms with van der Waals surface area (Å²) in [7, 11) is 1.58. The summed E-state index contributed by atoms with van der Waals surface area (Å²) in [4.78, 5) is 5.19. The first-order valence-corrected chi connectivity index (χ1v) is 7.44. The van der Waals surface area contributed by atoms with Crippen LogP contribution >= 0.6 is 0 Å². The van der Waals surface area contributed by atoms with E-state index in [0.717, 1.165) is 11.3 Å². The lowest BCUT2D eigenvalue weighted by Gasteiger charge is -2.09. The van der Waals surface area contributed by atoms with Gasteiger partial charge in [-0.1, -0.05) is 5.21 Å². The molecule has 3 aromatic rings. The van der Waals surface area contributed by atoms with Crippen molar-refractivity contribution in [3.05, 3.63) is 36.7 Å². The van der Waals surface area contributed by atoms with Gasteiger partial charge in [-0.3, -0.25) is 0 Å². The molecule has 0 N–H and O–H groups in total. The number of fused-ring (bicyclic) bond motifs is 1. The highest BCUT2D eigenvalue weighted by Crippen LogP contribution is 2.31. The molecular formula is C13H12N4O2S. The fraction of sp³-hybridized carbons (Fsp3) is 0.154. The van der Waals surface area contributed by atoms with E-state index in [2.05, 4.69) is 15.3 Å². The Hall–Kier alpha value is -2.12. The average Bonchev–Trinajstić information content (AvgIpc) is 2.90. The van der Waals surface area contributed by atoms with E-state index in [4.69, 9.17) is 4.74 Å². The van der Waals surface area contributed by atoms with Gasteiger partial charge in [0.15, 0.2) is 10.5 Å². The van der Waals surface area contributed by atoms with Crippen LogP contribution in [0.1, 0.15) is 0 Å². The zero-order valence-electron chi connectivity index (χ0n) is 11.0. The Kier molecular flexibility index (Phi) is 3.29. The molecule has 102 valence electrons. The molecule has 0 fully saturated rings. The number of hydrogen-bond donors (Lipinski definition) is 0. The van der Waals surface area contributed by atoms with Crippen molar-refractivity contribution in [3.63, 3.8) is 0 Å². The van der Waals surface area contributed by atoms with Gasteiger partial charge in [-0.2, -0.15) is 0 Å². The Bertz CT molecular complexity index is 724. The van der Waals surface area contributed by atoms with E-state index in [1.807, 2.05) is 12.1 Å². The minimum atomic E-state index is -1.05. The second-order valence-corrected chi connectivity index (χ2v) is 5.55. The molecule has 0 aliphatic carbocycles. The van der Waals surface area contributed by atoms with Gasteiger partial charge >= 0.3 is 0 Å². The molecule has 0 radical (unpaired) electrons. The first-order chi connectivity index (χ1) is 9.69. The molecule has 7 heteroatoms. The third kappa shape index (κ3) is 2.21. The fourth-order valence-corrected chi connectivity index (χ4v) is 2.48. The Labute approximate surface area is 118 Å². The summed E-state index contributed by atoms with van der Waals surface area (Å²) >= 11 is -1.05. The molecule has 20 heavy (non-hydrogen) atoms. The summed E-state index contributed by atoms with van der Waals surface area (Å²) in [5.74, 6) is 0.633. The molecule has 1 unspecified atom stereocenters. The van der Waals surface area contributed by atoms with Gasteiger partial charge < -0.3 is 9.29 Å². The molecule has 0 saturated heterocycles. The third-order valence-electron chi connectivity index (χ3n) is 2.93. The summed E-state index contributed by atoms with van der Waals surface area (Å²) in [6.45, 7) is 0. The van der Waals surface area contributed by atoms with Crippen LogP contribution in [0.2, 0.25) is 0 Å². The maximum Gasteiger partial charge on any atom is 0.157 e. The first-order valence-electron chi connectivity index (χ1n) is 5.88. The van der Waals surface area contributed by atoms with E-state index in [9.17, 15) is 4.55 Å². The van der Waals surface area contributed by atoms with Gasteiger partial charge in [0.25, 0.3) is 0 Å². The molecule has 0 amide bonds. The molecule has 1 aromatic carbocycles. The first kappa shape index (κ1) is 12.9. The van der Waals surface area contributed by atoms with Gasteiger partial charge in [0.1, 0.15) is 12.0 Å². The molecule has 2 aromatic heterocycles. The van der Waals surface area contributed by atoms with Crippen LogP contribution in [0, 0.1) is 0 Å². The number of nitrogens with zero attached hydrogens (tertiary/aromatic N) is 4. The second-order valence-electron chi connectivity index (χ2n) is 4.17. The number of rotatable bonds is 3. The van der Waals surface area contributed by atoms with Gasteiger partial charge in [0, 0.05) is 17.7 Å². The number of hydrogen-bond acceptors (Lipinski definition) is 5. The number of ether oxygens (including phenoxy) is 1. The summed E-state index contributed by atoms with van der Waals surface area (Å²) in [6.07, 6.45) is 5.00. The molecule has 2 heterocycles. The Morgan fingerprint density at radius 1 is 1.30 bits per heavy atom. The monoisotopic (exact) mass is 288 g/mol. The van der Waals surface area contributed by atoms with Crippen molar-refractivity contribution in [3.8, 4) is 17.0 Å². The highest BCUT2D eigenvalue weighted by Gasteiger charge is 2.14. The predicted octanol–water partition coefficient (Wildman–Crippen LogP) is 1.54. The Morgan fingerprint density at radius 3 is 2.85 bits per heavy atom. The van der Waals surface area contributed by atoms with Crippen LogP contribution < -0.4 is 4.74 Å². The third-order valence-corrected chi connectivity index (χ3v) is 3.85. The van der Waals surface area contributed by atoms with E-state index in [-0.39, 0.29) is 0 Å².